The summed E-state index contributed by atoms with van der Waals surface area (Å²) < 4.78 is 1.75. The van der Waals surface area contributed by atoms with E-state index < -0.39 is 0 Å². The minimum Gasteiger partial charge on any atom is -0.272 e. The number of benzene rings is 2. The van der Waals surface area contributed by atoms with Crippen LogP contribution in [-0.4, -0.2) is 20.9 Å². The molecule has 1 aromatic heterocycles. The lowest BCUT2D eigenvalue weighted by molar-refractivity contribution is 0.0830. The van der Waals surface area contributed by atoms with Gasteiger partial charge in [0.05, 0.1) is 11.4 Å². The molecule has 0 radical (unpaired) electrons. The summed E-state index contributed by atoms with van der Waals surface area (Å²) >= 11 is 1.76. The zero-order valence-corrected chi connectivity index (χ0v) is 20.6. The van der Waals surface area contributed by atoms with Crippen LogP contribution in [0, 0.1) is 11.8 Å². The molecule has 0 N–H and O–H groups in total. The standard InChI is InChI=1S/C28H34N2OS/c1-18(2)24-17-16-19(3)25-26(24)29-30(27(25)22-12-8-6-9-13-22)28(31)20(4)21(5)32-23-14-10-7-11-15-23/h6-15,18-21,24H,16-17H2,1-5H3/t19-,20+,21-,24+/m1/s1. The summed E-state index contributed by atoms with van der Waals surface area (Å²) in [6, 6.07) is 20.7. The third-order valence-corrected chi connectivity index (χ3v) is 8.25. The third-order valence-electron chi connectivity index (χ3n) is 6.92. The van der Waals surface area contributed by atoms with Crippen molar-refractivity contribution in [3.8, 4) is 11.3 Å². The van der Waals surface area contributed by atoms with E-state index in [2.05, 4.69) is 52.0 Å². The Bertz CT molecular complexity index is 1060. The Balaban J connectivity index is 1.76. The molecule has 0 amide bonds. The molecule has 168 valence electrons. The van der Waals surface area contributed by atoms with E-state index >= 15 is 0 Å². The molecule has 3 nitrogen and oxygen atoms in total. The van der Waals surface area contributed by atoms with Crippen LogP contribution in [0.4, 0.5) is 0 Å². The van der Waals surface area contributed by atoms with Gasteiger partial charge in [-0.25, -0.2) is 0 Å². The van der Waals surface area contributed by atoms with E-state index in [1.165, 1.54) is 10.5 Å². The van der Waals surface area contributed by atoms with Crippen molar-refractivity contribution < 1.29 is 4.79 Å². The van der Waals surface area contributed by atoms with E-state index in [1.807, 2.05) is 43.3 Å². The van der Waals surface area contributed by atoms with Gasteiger partial charge in [-0.3, -0.25) is 4.79 Å². The number of rotatable bonds is 6. The first kappa shape index (κ1) is 22.8. The molecule has 32 heavy (non-hydrogen) atoms. The van der Waals surface area contributed by atoms with Crippen molar-refractivity contribution in [1.29, 1.82) is 0 Å². The Hall–Kier alpha value is -2.33. The molecule has 0 saturated heterocycles. The molecule has 0 bridgehead atoms. The fraction of sp³-hybridized carbons (Fsp3) is 0.429. The van der Waals surface area contributed by atoms with Gasteiger partial charge < -0.3 is 0 Å². The van der Waals surface area contributed by atoms with Crippen LogP contribution >= 0.6 is 11.8 Å². The number of thioether (sulfide) groups is 1. The van der Waals surface area contributed by atoms with E-state index in [0.717, 1.165) is 29.8 Å². The molecule has 4 atom stereocenters. The fourth-order valence-corrected chi connectivity index (χ4v) is 5.87. The largest absolute Gasteiger partial charge is 0.272 e. The van der Waals surface area contributed by atoms with Crippen LogP contribution in [0.5, 0.6) is 0 Å². The van der Waals surface area contributed by atoms with E-state index in [0.29, 0.717) is 17.8 Å². The van der Waals surface area contributed by atoms with Crippen molar-refractivity contribution in [1.82, 2.24) is 9.78 Å². The molecule has 1 aliphatic carbocycles. The van der Waals surface area contributed by atoms with Gasteiger partial charge in [-0.05, 0) is 36.8 Å². The second-order valence-corrected chi connectivity index (χ2v) is 11.0. The molecule has 1 aliphatic rings. The lowest BCUT2D eigenvalue weighted by atomic mass is 9.75. The molecule has 0 unspecified atom stereocenters. The van der Waals surface area contributed by atoms with Crippen molar-refractivity contribution in [2.45, 2.75) is 69.4 Å². The molecule has 0 aliphatic heterocycles. The van der Waals surface area contributed by atoms with Gasteiger partial charge in [0.25, 0.3) is 5.91 Å². The van der Waals surface area contributed by atoms with Gasteiger partial charge in [0, 0.05) is 33.1 Å². The van der Waals surface area contributed by atoms with Crippen LogP contribution in [0.25, 0.3) is 11.3 Å². The Morgan fingerprint density at radius 2 is 1.59 bits per heavy atom. The van der Waals surface area contributed by atoms with E-state index in [-0.39, 0.29) is 17.1 Å². The van der Waals surface area contributed by atoms with Crippen molar-refractivity contribution in [3.05, 3.63) is 71.9 Å². The summed E-state index contributed by atoms with van der Waals surface area (Å²) in [5, 5.41) is 5.19. The van der Waals surface area contributed by atoms with Crippen LogP contribution in [0.1, 0.15) is 75.3 Å². The van der Waals surface area contributed by atoms with E-state index in [9.17, 15) is 4.79 Å². The Morgan fingerprint density at radius 3 is 2.22 bits per heavy atom. The number of carbonyl (C=O) groups is 1. The maximum absolute atomic E-state index is 13.9. The Labute approximate surface area is 196 Å². The van der Waals surface area contributed by atoms with Gasteiger partial charge in [0.1, 0.15) is 0 Å². The van der Waals surface area contributed by atoms with Crippen LogP contribution in [0.15, 0.2) is 65.6 Å². The summed E-state index contributed by atoms with van der Waals surface area (Å²) in [6.45, 7) is 11.0. The minimum absolute atomic E-state index is 0.0869. The lowest BCUT2D eigenvalue weighted by Crippen LogP contribution is -2.28. The Kier molecular flexibility index (Phi) is 6.90. The number of hydrogen-bond donors (Lipinski definition) is 0. The van der Waals surface area contributed by atoms with E-state index in [4.69, 9.17) is 5.10 Å². The smallest absolute Gasteiger partial charge is 0.251 e. The number of fused-ring (bicyclic) bond motifs is 1. The molecular formula is C28H34N2OS. The predicted molar refractivity (Wildman–Crippen MR) is 134 cm³/mol. The predicted octanol–water partition coefficient (Wildman–Crippen LogP) is 7.64. The number of hydrogen-bond acceptors (Lipinski definition) is 3. The first-order chi connectivity index (χ1) is 15.4. The SMILES string of the molecule is CC(C)[C@@H]1CC[C@@H](C)c2c1nn(C(=O)[C@@H](C)[C@@H](C)Sc1ccccc1)c2-c1ccccc1. The molecule has 2 aromatic carbocycles. The van der Waals surface area contributed by atoms with Gasteiger partial charge in [-0.15, -0.1) is 11.8 Å². The molecular weight excluding hydrogens is 412 g/mol. The summed E-state index contributed by atoms with van der Waals surface area (Å²) in [5.41, 5.74) is 4.51. The molecule has 0 saturated carbocycles. The van der Waals surface area contributed by atoms with Gasteiger partial charge in [0.2, 0.25) is 0 Å². The first-order valence-corrected chi connectivity index (χ1v) is 12.7. The van der Waals surface area contributed by atoms with Crippen LogP contribution < -0.4 is 0 Å². The summed E-state index contributed by atoms with van der Waals surface area (Å²) in [7, 11) is 0. The summed E-state index contributed by atoms with van der Waals surface area (Å²) in [4.78, 5) is 15.0. The van der Waals surface area contributed by atoms with Crippen LogP contribution in [-0.2, 0) is 0 Å². The van der Waals surface area contributed by atoms with Crippen molar-refractivity contribution >= 4 is 17.7 Å². The molecule has 4 rings (SSSR count). The summed E-state index contributed by atoms with van der Waals surface area (Å²) in [5.74, 6) is 1.25. The maximum Gasteiger partial charge on any atom is 0.251 e. The van der Waals surface area contributed by atoms with Gasteiger partial charge in [-0.2, -0.15) is 9.78 Å². The highest BCUT2D eigenvalue weighted by atomic mass is 32.2. The number of aromatic nitrogens is 2. The topological polar surface area (TPSA) is 34.9 Å². The second-order valence-electron chi connectivity index (χ2n) is 9.52. The molecule has 4 heteroatoms. The zero-order valence-electron chi connectivity index (χ0n) is 19.8. The third kappa shape index (κ3) is 4.43. The highest BCUT2D eigenvalue weighted by Crippen LogP contribution is 2.46. The average molecular weight is 447 g/mol. The first-order valence-electron chi connectivity index (χ1n) is 11.8. The minimum atomic E-state index is -0.156. The average Bonchev–Trinajstić information content (AvgIpc) is 3.20. The number of nitrogens with zero attached hydrogens (tertiary/aromatic N) is 2. The van der Waals surface area contributed by atoms with Crippen LogP contribution in [0.2, 0.25) is 0 Å². The van der Waals surface area contributed by atoms with Crippen molar-refractivity contribution in [3.63, 3.8) is 0 Å². The van der Waals surface area contributed by atoms with Crippen molar-refractivity contribution in [2.75, 3.05) is 0 Å². The van der Waals surface area contributed by atoms with Crippen molar-refractivity contribution in [2.24, 2.45) is 11.8 Å². The zero-order chi connectivity index (χ0) is 22.8. The number of carbonyl (C=O) groups excluding carboxylic acids is 1. The Morgan fingerprint density at radius 1 is 0.969 bits per heavy atom. The lowest BCUT2D eigenvalue weighted by Gasteiger charge is -2.28. The summed E-state index contributed by atoms with van der Waals surface area (Å²) in [6.07, 6.45) is 2.28. The monoisotopic (exact) mass is 446 g/mol. The molecule has 0 spiro atoms. The molecule has 1 heterocycles. The van der Waals surface area contributed by atoms with Gasteiger partial charge in [-0.1, -0.05) is 83.1 Å². The second kappa shape index (κ2) is 9.66. The quantitative estimate of drug-likeness (QED) is 0.365. The molecule has 3 aromatic rings. The fourth-order valence-electron chi connectivity index (χ4n) is 4.81. The molecule has 0 fully saturated rings. The normalized spacial score (nSPS) is 20.1. The van der Waals surface area contributed by atoms with Crippen LogP contribution in [0.3, 0.4) is 0 Å². The maximum atomic E-state index is 13.9. The van der Waals surface area contributed by atoms with E-state index in [1.54, 1.807) is 16.4 Å². The highest BCUT2D eigenvalue weighted by molar-refractivity contribution is 8.00. The highest BCUT2D eigenvalue weighted by Gasteiger charge is 2.36. The van der Waals surface area contributed by atoms with Gasteiger partial charge >= 0.3 is 0 Å². The van der Waals surface area contributed by atoms with Gasteiger partial charge in [0.15, 0.2) is 0 Å².